The SMILES string of the molecule is CN(CCC(=O)O)C(=O)NCCc1ccn(C)n1. The van der Waals surface area contributed by atoms with Crippen molar-refractivity contribution in [1.82, 2.24) is 20.0 Å². The Hall–Kier alpha value is -2.05. The molecule has 0 atom stereocenters. The zero-order valence-electron chi connectivity index (χ0n) is 10.6. The maximum Gasteiger partial charge on any atom is 0.317 e. The number of rotatable bonds is 6. The molecule has 0 saturated heterocycles. The Morgan fingerprint density at radius 1 is 1.56 bits per heavy atom. The Kier molecular flexibility index (Phi) is 5.16. The number of hydrogen-bond acceptors (Lipinski definition) is 3. The molecule has 2 amide bonds. The minimum Gasteiger partial charge on any atom is -0.481 e. The van der Waals surface area contributed by atoms with Gasteiger partial charge in [0, 0.05) is 39.8 Å². The van der Waals surface area contributed by atoms with Crippen molar-refractivity contribution in [3.8, 4) is 0 Å². The number of urea groups is 1. The second kappa shape index (κ2) is 6.63. The van der Waals surface area contributed by atoms with E-state index in [2.05, 4.69) is 10.4 Å². The van der Waals surface area contributed by atoms with Crippen molar-refractivity contribution in [2.24, 2.45) is 7.05 Å². The lowest BCUT2D eigenvalue weighted by atomic mass is 10.3. The summed E-state index contributed by atoms with van der Waals surface area (Å²) >= 11 is 0. The molecule has 0 aliphatic carbocycles. The predicted octanol–water partition coefficient (Wildman–Crippen LogP) is 0.0787. The van der Waals surface area contributed by atoms with Crippen LogP contribution in [0.25, 0.3) is 0 Å². The van der Waals surface area contributed by atoms with Crippen LogP contribution in [0, 0.1) is 0 Å². The molecule has 1 aromatic rings. The van der Waals surface area contributed by atoms with Gasteiger partial charge in [-0.15, -0.1) is 0 Å². The molecule has 18 heavy (non-hydrogen) atoms. The molecule has 100 valence electrons. The minimum atomic E-state index is -0.914. The summed E-state index contributed by atoms with van der Waals surface area (Å²) in [5.74, 6) is -0.914. The van der Waals surface area contributed by atoms with Gasteiger partial charge in [0.2, 0.25) is 0 Å². The molecule has 0 aliphatic heterocycles. The van der Waals surface area contributed by atoms with Crippen LogP contribution < -0.4 is 5.32 Å². The van der Waals surface area contributed by atoms with E-state index in [4.69, 9.17) is 5.11 Å². The normalized spacial score (nSPS) is 10.1. The number of nitrogens with one attached hydrogen (secondary N) is 1. The molecule has 0 aromatic carbocycles. The number of carboxylic acids is 1. The monoisotopic (exact) mass is 254 g/mol. The number of nitrogens with zero attached hydrogens (tertiary/aromatic N) is 3. The molecular formula is C11H18N4O3. The van der Waals surface area contributed by atoms with Crippen LogP contribution >= 0.6 is 0 Å². The smallest absolute Gasteiger partial charge is 0.317 e. The van der Waals surface area contributed by atoms with Crippen molar-refractivity contribution in [2.75, 3.05) is 20.1 Å². The fraction of sp³-hybridized carbons (Fsp3) is 0.545. The second-order valence-electron chi connectivity index (χ2n) is 4.03. The standard InChI is InChI=1S/C11H18N4O3/c1-14(7-5-10(16)17)11(18)12-6-3-9-4-8-15(2)13-9/h4,8H,3,5-7H2,1-2H3,(H,12,18)(H,16,17). The lowest BCUT2D eigenvalue weighted by Crippen LogP contribution is -2.39. The number of aliphatic carboxylic acids is 1. The van der Waals surface area contributed by atoms with Crippen LogP contribution in [-0.2, 0) is 18.3 Å². The van der Waals surface area contributed by atoms with Gasteiger partial charge in [0.25, 0.3) is 0 Å². The summed E-state index contributed by atoms with van der Waals surface area (Å²) in [6.45, 7) is 0.679. The first-order valence-electron chi connectivity index (χ1n) is 5.68. The van der Waals surface area contributed by atoms with Gasteiger partial charge in [0.05, 0.1) is 12.1 Å². The number of amides is 2. The van der Waals surface area contributed by atoms with Crippen LogP contribution in [0.5, 0.6) is 0 Å². The Morgan fingerprint density at radius 3 is 2.83 bits per heavy atom. The lowest BCUT2D eigenvalue weighted by molar-refractivity contribution is -0.137. The molecule has 0 spiro atoms. The number of carbonyl (C=O) groups excluding carboxylic acids is 1. The van der Waals surface area contributed by atoms with Crippen LogP contribution in [0.2, 0.25) is 0 Å². The van der Waals surface area contributed by atoms with Crippen molar-refractivity contribution in [1.29, 1.82) is 0 Å². The molecule has 7 heteroatoms. The quantitative estimate of drug-likeness (QED) is 0.752. The van der Waals surface area contributed by atoms with Crippen molar-refractivity contribution < 1.29 is 14.7 Å². The van der Waals surface area contributed by atoms with Gasteiger partial charge in [-0.05, 0) is 6.07 Å². The summed E-state index contributed by atoms with van der Waals surface area (Å²) in [6.07, 6.45) is 2.44. The van der Waals surface area contributed by atoms with Gasteiger partial charge in [-0.25, -0.2) is 4.79 Å². The highest BCUT2D eigenvalue weighted by Crippen LogP contribution is 1.95. The largest absolute Gasteiger partial charge is 0.481 e. The van der Waals surface area contributed by atoms with Gasteiger partial charge >= 0.3 is 12.0 Å². The Balaban J connectivity index is 2.22. The second-order valence-corrected chi connectivity index (χ2v) is 4.03. The molecule has 0 aliphatic rings. The molecule has 1 rings (SSSR count). The van der Waals surface area contributed by atoms with Crippen LogP contribution in [0.3, 0.4) is 0 Å². The molecule has 0 saturated carbocycles. The molecule has 1 aromatic heterocycles. The first-order valence-corrected chi connectivity index (χ1v) is 5.68. The van der Waals surface area contributed by atoms with E-state index >= 15 is 0 Å². The highest BCUT2D eigenvalue weighted by atomic mass is 16.4. The number of aryl methyl sites for hydroxylation is 1. The molecule has 7 nitrogen and oxygen atoms in total. The third-order valence-corrected chi connectivity index (χ3v) is 2.43. The molecule has 0 radical (unpaired) electrons. The summed E-state index contributed by atoms with van der Waals surface area (Å²) in [5.41, 5.74) is 0.908. The fourth-order valence-corrected chi connectivity index (χ4v) is 1.39. The van der Waals surface area contributed by atoms with Crippen molar-refractivity contribution in [2.45, 2.75) is 12.8 Å². The summed E-state index contributed by atoms with van der Waals surface area (Å²) in [6, 6.07) is 1.62. The maximum atomic E-state index is 11.5. The lowest BCUT2D eigenvalue weighted by Gasteiger charge is -2.16. The minimum absolute atomic E-state index is 0.0514. The average Bonchev–Trinajstić information content (AvgIpc) is 2.71. The number of carbonyl (C=O) groups is 2. The van der Waals surface area contributed by atoms with Crippen molar-refractivity contribution in [3.05, 3.63) is 18.0 Å². The van der Waals surface area contributed by atoms with Crippen LogP contribution in [0.4, 0.5) is 4.79 Å². The first-order chi connectivity index (χ1) is 8.49. The number of aromatic nitrogens is 2. The van der Waals surface area contributed by atoms with Crippen molar-refractivity contribution >= 4 is 12.0 Å². The van der Waals surface area contributed by atoms with E-state index in [-0.39, 0.29) is 19.0 Å². The third kappa shape index (κ3) is 4.86. The average molecular weight is 254 g/mol. The zero-order valence-corrected chi connectivity index (χ0v) is 10.6. The van der Waals surface area contributed by atoms with Crippen molar-refractivity contribution in [3.63, 3.8) is 0 Å². The van der Waals surface area contributed by atoms with Gasteiger partial charge in [-0.1, -0.05) is 0 Å². The van der Waals surface area contributed by atoms with Gasteiger partial charge in [-0.2, -0.15) is 5.10 Å². The van der Waals surface area contributed by atoms with Gasteiger partial charge in [0.1, 0.15) is 0 Å². The van der Waals surface area contributed by atoms with Gasteiger partial charge < -0.3 is 15.3 Å². The number of carboxylic acid groups (broad SMARTS) is 1. The maximum absolute atomic E-state index is 11.5. The summed E-state index contributed by atoms with van der Waals surface area (Å²) in [7, 11) is 3.40. The van der Waals surface area contributed by atoms with Crippen LogP contribution in [0.15, 0.2) is 12.3 Å². The molecule has 2 N–H and O–H groups in total. The van der Waals surface area contributed by atoms with E-state index in [1.165, 1.54) is 4.90 Å². The van der Waals surface area contributed by atoms with Crippen LogP contribution in [0.1, 0.15) is 12.1 Å². The van der Waals surface area contributed by atoms with E-state index < -0.39 is 5.97 Å². The Bertz CT molecular complexity index is 416. The zero-order chi connectivity index (χ0) is 13.5. The Labute approximate surface area is 105 Å². The molecular weight excluding hydrogens is 236 g/mol. The van der Waals surface area contributed by atoms with Gasteiger partial charge in [-0.3, -0.25) is 9.48 Å². The highest BCUT2D eigenvalue weighted by Gasteiger charge is 2.09. The van der Waals surface area contributed by atoms with E-state index in [9.17, 15) is 9.59 Å². The molecule has 1 heterocycles. The van der Waals surface area contributed by atoms with Crippen LogP contribution in [-0.4, -0.2) is 51.9 Å². The molecule has 0 bridgehead atoms. The van der Waals surface area contributed by atoms with E-state index in [1.54, 1.807) is 11.7 Å². The molecule has 0 unspecified atom stereocenters. The predicted molar refractivity (Wildman–Crippen MR) is 65.2 cm³/mol. The summed E-state index contributed by atoms with van der Waals surface area (Å²) < 4.78 is 1.70. The topological polar surface area (TPSA) is 87.5 Å². The number of hydrogen-bond donors (Lipinski definition) is 2. The third-order valence-electron chi connectivity index (χ3n) is 2.43. The molecule has 0 fully saturated rings. The van der Waals surface area contributed by atoms with Gasteiger partial charge in [0.15, 0.2) is 0 Å². The first kappa shape index (κ1) is 14.0. The van der Waals surface area contributed by atoms with E-state index in [0.29, 0.717) is 13.0 Å². The highest BCUT2D eigenvalue weighted by molar-refractivity contribution is 5.74. The summed E-state index contributed by atoms with van der Waals surface area (Å²) in [5, 5.41) is 15.4. The van der Waals surface area contributed by atoms with E-state index in [0.717, 1.165) is 5.69 Å². The van der Waals surface area contributed by atoms with E-state index in [1.807, 2.05) is 19.3 Å². The summed E-state index contributed by atoms with van der Waals surface area (Å²) in [4.78, 5) is 23.3. The Morgan fingerprint density at radius 2 is 2.28 bits per heavy atom. The fourth-order valence-electron chi connectivity index (χ4n) is 1.39.